The van der Waals surface area contributed by atoms with Crippen LogP contribution in [-0.4, -0.2) is 34.2 Å². The van der Waals surface area contributed by atoms with E-state index in [4.69, 9.17) is 0 Å². The highest BCUT2D eigenvalue weighted by molar-refractivity contribution is 6.35. The van der Waals surface area contributed by atoms with Crippen LogP contribution in [0.3, 0.4) is 0 Å². The van der Waals surface area contributed by atoms with Crippen LogP contribution in [0.4, 0.5) is 0 Å². The Labute approximate surface area is 172 Å². The van der Waals surface area contributed by atoms with Crippen molar-refractivity contribution in [3.05, 3.63) is 71.0 Å². The first-order chi connectivity index (χ1) is 14.5. The lowest BCUT2D eigenvalue weighted by molar-refractivity contribution is -0.139. The number of aromatic nitrogens is 2. The van der Waals surface area contributed by atoms with Gasteiger partial charge in [0.05, 0.1) is 12.4 Å². The molecule has 0 saturated carbocycles. The predicted octanol–water partition coefficient (Wildman–Crippen LogP) is 2.87. The summed E-state index contributed by atoms with van der Waals surface area (Å²) >= 11 is 0. The zero-order chi connectivity index (χ0) is 21.1. The van der Waals surface area contributed by atoms with Crippen molar-refractivity contribution in [1.29, 1.82) is 0 Å². The smallest absolute Gasteiger partial charge is 0.331 e. The fourth-order valence-electron chi connectivity index (χ4n) is 3.34. The number of carbonyl (C=O) groups is 2. The van der Waals surface area contributed by atoms with Crippen LogP contribution in [-0.2, 0) is 9.59 Å². The van der Waals surface area contributed by atoms with Crippen LogP contribution >= 0.6 is 0 Å². The molecule has 2 aromatic heterocycles. The van der Waals surface area contributed by atoms with Gasteiger partial charge >= 0.3 is 11.8 Å². The molecule has 0 radical (unpaired) electrons. The number of fused-ring (bicyclic) bond motifs is 2. The van der Waals surface area contributed by atoms with Gasteiger partial charge in [-0.25, -0.2) is 10.9 Å². The molecule has 2 aromatic carbocycles. The molecule has 0 aliphatic rings. The van der Waals surface area contributed by atoms with Gasteiger partial charge in [0.2, 0.25) is 0 Å². The summed E-state index contributed by atoms with van der Waals surface area (Å²) in [6.45, 7) is 3.83. The minimum Gasteiger partial charge on any atom is -0.358 e. The molecular formula is C22H20N6O2. The molecule has 2 amide bonds. The zero-order valence-corrected chi connectivity index (χ0v) is 16.5. The number of aryl methyl sites for hydroxylation is 2. The molecule has 4 N–H and O–H groups in total. The molecule has 4 rings (SSSR count). The van der Waals surface area contributed by atoms with Gasteiger partial charge in [-0.2, -0.15) is 10.2 Å². The molecule has 0 saturated heterocycles. The topological polar surface area (TPSA) is 114 Å². The van der Waals surface area contributed by atoms with E-state index in [1.54, 1.807) is 0 Å². The summed E-state index contributed by atoms with van der Waals surface area (Å²) in [6.07, 6.45) is 3.02. The standard InChI is InChI=1S/C22H20N6O2/c1-13-17(15-7-3-5-9-19(15)25-13)11-23-27-21(29)22(30)28-24-12-18-14(2)26-20-10-6-4-8-16(18)20/h3-12,25-26H,1-2H3,(H,27,29)(H,28,30)/b23-11+,24-12+. The summed E-state index contributed by atoms with van der Waals surface area (Å²) in [7, 11) is 0. The Hall–Kier alpha value is -4.20. The first kappa shape index (κ1) is 19.1. The Balaban J connectivity index is 1.38. The number of para-hydroxylation sites is 2. The molecule has 0 bridgehead atoms. The first-order valence-electron chi connectivity index (χ1n) is 9.35. The van der Waals surface area contributed by atoms with Crippen molar-refractivity contribution in [2.24, 2.45) is 10.2 Å². The number of hydrogen-bond acceptors (Lipinski definition) is 4. The third-order valence-electron chi connectivity index (χ3n) is 4.81. The third kappa shape index (κ3) is 3.70. The van der Waals surface area contributed by atoms with Crippen molar-refractivity contribution in [1.82, 2.24) is 20.8 Å². The van der Waals surface area contributed by atoms with Gasteiger partial charge in [-0.1, -0.05) is 36.4 Å². The lowest BCUT2D eigenvalue weighted by atomic mass is 10.1. The van der Waals surface area contributed by atoms with Gasteiger partial charge in [-0.15, -0.1) is 0 Å². The molecule has 8 heteroatoms. The van der Waals surface area contributed by atoms with Gasteiger partial charge in [0.1, 0.15) is 0 Å². The Kier molecular flexibility index (Phi) is 5.13. The second kappa shape index (κ2) is 8.04. The quantitative estimate of drug-likeness (QED) is 0.240. The fourth-order valence-corrected chi connectivity index (χ4v) is 3.34. The summed E-state index contributed by atoms with van der Waals surface area (Å²) in [5.74, 6) is -1.81. The number of benzene rings is 2. The van der Waals surface area contributed by atoms with Crippen LogP contribution in [0.2, 0.25) is 0 Å². The van der Waals surface area contributed by atoms with E-state index in [1.165, 1.54) is 12.4 Å². The van der Waals surface area contributed by atoms with Crippen LogP contribution in [0, 0.1) is 13.8 Å². The van der Waals surface area contributed by atoms with Crippen molar-refractivity contribution in [2.45, 2.75) is 13.8 Å². The van der Waals surface area contributed by atoms with Gasteiger partial charge in [0.25, 0.3) is 0 Å². The molecular weight excluding hydrogens is 380 g/mol. The molecule has 0 aliphatic carbocycles. The average Bonchev–Trinajstić information content (AvgIpc) is 3.23. The predicted molar refractivity (Wildman–Crippen MR) is 118 cm³/mol. The Morgan fingerprint density at radius 2 is 1.13 bits per heavy atom. The lowest BCUT2D eigenvalue weighted by Gasteiger charge is -1.99. The van der Waals surface area contributed by atoms with Crippen molar-refractivity contribution in [3.8, 4) is 0 Å². The van der Waals surface area contributed by atoms with Gasteiger partial charge in [-0.3, -0.25) is 9.59 Å². The number of hydrogen-bond donors (Lipinski definition) is 4. The van der Waals surface area contributed by atoms with E-state index < -0.39 is 11.8 Å². The Bertz CT molecular complexity index is 1210. The molecule has 8 nitrogen and oxygen atoms in total. The molecule has 150 valence electrons. The minimum atomic E-state index is -0.906. The number of amides is 2. The molecule has 4 aromatic rings. The highest BCUT2D eigenvalue weighted by Gasteiger charge is 2.12. The van der Waals surface area contributed by atoms with E-state index in [1.807, 2.05) is 62.4 Å². The maximum Gasteiger partial charge on any atom is 0.331 e. The molecule has 0 unspecified atom stereocenters. The van der Waals surface area contributed by atoms with Crippen molar-refractivity contribution in [2.75, 3.05) is 0 Å². The van der Waals surface area contributed by atoms with Gasteiger partial charge in [-0.05, 0) is 26.0 Å². The van der Waals surface area contributed by atoms with E-state index in [0.29, 0.717) is 0 Å². The summed E-state index contributed by atoms with van der Waals surface area (Å²) < 4.78 is 0. The van der Waals surface area contributed by atoms with Crippen LogP contribution in [0.25, 0.3) is 21.8 Å². The SMILES string of the molecule is Cc1[nH]c2ccccc2c1/C=N/NC(=O)C(=O)N/N=C/c1c(C)[nH]c2ccccc12. The van der Waals surface area contributed by atoms with Crippen LogP contribution in [0.1, 0.15) is 22.5 Å². The van der Waals surface area contributed by atoms with E-state index in [2.05, 4.69) is 31.0 Å². The Morgan fingerprint density at radius 1 is 0.733 bits per heavy atom. The number of hydrazone groups is 2. The third-order valence-corrected chi connectivity index (χ3v) is 4.81. The number of nitrogens with one attached hydrogen (secondary N) is 4. The summed E-state index contributed by atoms with van der Waals surface area (Å²) in [5, 5.41) is 9.76. The summed E-state index contributed by atoms with van der Waals surface area (Å²) in [4.78, 5) is 30.4. The molecule has 30 heavy (non-hydrogen) atoms. The summed E-state index contributed by atoms with van der Waals surface area (Å²) in [5.41, 5.74) is 9.91. The van der Waals surface area contributed by atoms with Gasteiger partial charge in [0.15, 0.2) is 0 Å². The fraction of sp³-hybridized carbons (Fsp3) is 0.0909. The van der Waals surface area contributed by atoms with E-state index in [9.17, 15) is 9.59 Å². The van der Waals surface area contributed by atoms with Crippen molar-refractivity contribution >= 4 is 46.0 Å². The zero-order valence-electron chi connectivity index (χ0n) is 16.5. The number of H-pyrrole nitrogens is 2. The van der Waals surface area contributed by atoms with E-state index in [-0.39, 0.29) is 0 Å². The number of rotatable bonds is 4. The number of aromatic amines is 2. The minimum absolute atomic E-state index is 0.846. The second-order valence-corrected chi connectivity index (χ2v) is 6.82. The second-order valence-electron chi connectivity index (χ2n) is 6.82. The molecule has 0 fully saturated rings. The van der Waals surface area contributed by atoms with E-state index >= 15 is 0 Å². The van der Waals surface area contributed by atoms with Crippen LogP contribution in [0.5, 0.6) is 0 Å². The van der Waals surface area contributed by atoms with Crippen LogP contribution < -0.4 is 10.9 Å². The van der Waals surface area contributed by atoms with Crippen molar-refractivity contribution in [3.63, 3.8) is 0 Å². The number of nitrogens with zero attached hydrogens (tertiary/aromatic N) is 2. The average molecular weight is 400 g/mol. The van der Waals surface area contributed by atoms with Gasteiger partial charge < -0.3 is 9.97 Å². The summed E-state index contributed by atoms with van der Waals surface area (Å²) in [6, 6.07) is 15.5. The monoisotopic (exact) mass is 400 g/mol. The maximum atomic E-state index is 12.0. The highest BCUT2D eigenvalue weighted by atomic mass is 16.2. The maximum absolute atomic E-state index is 12.0. The van der Waals surface area contributed by atoms with Crippen LogP contribution in [0.15, 0.2) is 58.7 Å². The Morgan fingerprint density at radius 3 is 1.57 bits per heavy atom. The molecule has 2 heterocycles. The van der Waals surface area contributed by atoms with E-state index in [0.717, 1.165) is 44.3 Å². The van der Waals surface area contributed by atoms with Crippen molar-refractivity contribution < 1.29 is 9.59 Å². The van der Waals surface area contributed by atoms with Gasteiger partial charge in [0, 0.05) is 44.3 Å². The lowest BCUT2D eigenvalue weighted by Crippen LogP contribution is -2.35. The normalized spacial score (nSPS) is 11.7. The number of carbonyl (C=O) groups excluding carboxylic acids is 2. The molecule has 0 spiro atoms. The molecule has 0 aliphatic heterocycles. The highest BCUT2D eigenvalue weighted by Crippen LogP contribution is 2.20. The molecule has 0 atom stereocenters. The largest absolute Gasteiger partial charge is 0.358 e. The first-order valence-corrected chi connectivity index (χ1v) is 9.35.